The van der Waals surface area contributed by atoms with E-state index in [4.69, 9.17) is 4.98 Å². The van der Waals surface area contributed by atoms with Crippen molar-refractivity contribution < 1.29 is 0 Å². The number of anilines is 1. The third kappa shape index (κ3) is 2.52. The summed E-state index contributed by atoms with van der Waals surface area (Å²) >= 11 is 0. The molecule has 3 aliphatic rings. The van der Waals surface area contributed by atoms with Crippen molar-refractivity contribution in [2.75, 3.05) is 18.4 Å². The largest absolute Gasteiger partial charge is 0.365 e. The first kappa shape index (κ1) is 15.0. The van der Waals surface area contributed by atoms with Crippen molar-refractivity contribution in [1.29, 1.82) is 0 Å². The number of pyridine rings is 1. The standard InChI is InChI=1S/C21H24N4/c1-14-21(15-8-11-25(14)12-9-15)24-20-6-5-16(13-23-20)17-3-2-4-19-18(17)7-10-22-19/h2-7,10,13-15,21-22H,8-9,11-12H2,1H3,(H,23,24)/t14-,21-/m1/s1. The van der Waals surface area contributed by atoms with Gasteiger partial charge in [0.1, 0.15) is 5.82 Å². The highest BCUT2D eigenvalue weighted by atomic mass is 15.2. The third-order valence-electron chi connectivity index (χ3n) is 6.16. The minimum Gasteiger partial charge on any atom is -0.365 e. The fraction of sp³-hybridized carbons (Fsp3) is 0.381. The lowest BCUT2D eigenvalue weighted by atomic mass is 9.79. The molecule has 0 radical (unpaired) electrons. The molecule has 3 saturated heterocycles. The molecule has 0 saturated carbocycles. The van der Waals surface area contributed by atoms with Crippen LogP contribution in [0.1, 0.15) is 19.8 Å². The van der Waals surface area contributed by atoms with Gasteiger partial charge in [-0.3, -0.25) is 4.90 Å². The summed E-state index contributed by atoms with van der Waals surface area (Å²) in [6.07, 6.45) is 6.62. The van der Waals surface area contributed by atoms with Gasteiger partial charge in [-0.05, 0) is 68.6 Å². The fourth-order valence-corrected chi connectivity index (χ4v) is 4.69. The highest BCUT2D eigenvalue weighted by molar-refractivity contribution is 5.94. The van der Waals surface area contributed by atoms with Crippen LogP contribution < -0.4 is 5.32 Å². The predicted molar refractivity (Wildman–Crippen MR) is 103 cm³/mol. The van der Waals surface area contributed by atoms with Crippen molar-refractivity contribution in [2.45, 2.75) is 31.8 Å². The summed E-state index contributed by atoms with van der Waals surface area (Å²) in [4.78, 5) is 10.6. The molecule has 25 heavy (non-hydrogen) atoms. The molecular formula is C21H24N4. The minimum atomic E-state index is 0.522. The molecule has 2 aromatic heterocycles. The number of rotatable bonds is 3. The number of benzene rings is 1. The molecule has 2 bridgehead atoms. The smallest absolute Gasteiger partial charge is 0.126 e. The SMILES string of the molecule is C[C@@H]1[C@@H](Nc2ccc(-c3cccc4[nH]ccc34)cn2)C2CCN1CC2. The Bertz CT molecular complexity index is 872. The second-order valence-electron chi connectivity index (χ2n) is 7.46. The first-order valence-corrected chi connectivity index (χ1v) is 9.33. The van der Waals surface area contributed by atoms with Gasteiger partial charge in [-0.25, -0.2) is 4.98 Å². The van der Waals surface area contributed by atoms with E-state index in [2.05, 4.69) is 58.5 Å². The monoisotopic (exact) mass is 332 g/mol. The molecule has 128 valence electrons. The van der Waals surface area contributed by atoms with Gasteiger partial charge in [0, 0.05) is 40.9 Å². The minimum absolute atomic E-state index is 0.522. The van der Waals surface area contributed by atoms with Gasteiger partial charge < -0.3 is 10.3 Å². The number of aromatic amines is 1. The zero-order valence-corrected chi connectivity index (χ0v) is 14.6. The van der Waals surface area contributed by atoms with E-state index in [1.165, 1.54) is 42.4 Å². The molecule has 0 aliphatic carbocycles. The lowest BCUT2D eigenvalue weighted by molar-refractivity contribution is 0.0457. The summed E-state index contributed by atoms with van der Waals surface area (Å²) in [5.41, 5.74) is 3.56. The number of hydrogen-bond acceptors (Lipinski definition) is 3. The van der Waals surface area contributed by atoms with Crippen molar-refractivity contribution in [2.24, 2.45) is 5.92 Å². The van der Waals surface area contributed by atoms with Crippen molar-refractivity contribution >= 4 is 16.7 Å². The van der Waals surface area contributed by atoms with E-state index in [0.717, 1.165) is 17.3 Å². The maximum absolute atomic E-state index is 4.72. The van der Waals surface area contributed by atoms with Crippen molar-refractivity contribution in [1.82, 2.24) is 14.9 Å². The maximum atomic E-state index is 4.72. The number of nitrogens with zero attached hydrogens (tertiary/aromatic N) is 2. The second kappa shape index (κ2) is 5.88. The van der Waals surface area contributed by atoms with Crippen LogP contribution in [0.5, 0.6) is 0 Å². The Hall–Kier alpha value is -2.33. The molecule has 6 rings (SSSR count). The second-order valence-corrected chi connectivity index (χ2v) is 7.46. The van der Waals surface area contributed by atoms with E-state index in [-0.39, 0.29) is 0 Å². The van der Waals surface area contributed by atoms with Gasteiger partial charge in [-0.15, -0.1) is 0 Å². The van der Waals surface area contributed by atoms with Gasteiger partial charge in [0.15, 0.2) is 0 Å². The van der Waals surface area contributed by atoms with Gasteiger partial charge in [0.25, 0.3) is 0 Å². The van der Waals surface area contributed by atoms with Crippen LogP contribution in [-0.4, -0.2) is 40.0 Å². The molecule has 0 spiro atoms. The Labute approximate surface area is 148 Å². The van der Waals surface area contributed by atoms with Crippen molar-refractivity contribution in [3.63, 3.8) is 0 Å². The molecule has 3 aromatic rings. The molecular weight excluding hydrogens is 308 g/mol. The number of hydrogen-bond donors (Lipinski definition) is 2. The van der Waals surface area contributed by atoms with Gasteiger partial charge in [0.2, 0.25) is 0 Å². The first-order chi connectivity index (χ1) is 12.3. The van der Waals surface area contributed by atoms with Crippen LogP contribution in [0, 0.1) is 5.92 Å². The Kier molecular flexibility index (Phi) is 3.52. The van der Waals surface area contributed by atoms with Crippen LogP contribution in [0.25, 0.3) is 22.0 Å². The molecule has 0 unspecified atom stereocenters. The molecule has 2 atom stereocenters. The Balaban J connectivity index is 1.40. The lowest BCUT2D eigenvalue weighted by Gasteiger charge is -2.50. The third-order valence-corrected chi connectivity index (χ3v) is 6.16. The van der Waals surface area contributed by atoms with E-state index in [1.807, 2.05) is 12.4 Å². The van der Waals surface area contributed by atoms with Crippen LogP contribution >= 0.6 is 0 Å². The summed E-state index contributed by atoms with van der Waals surface area (Å²) in [5, 5.41) is 4.96. The topological polar surface area (TPSA) is 44.0 Å². The Morgan fingerprint density at radius 3 is 2.76 bits per heavy atom. The van der Waals surface area contributed by atoms with E-state index in [1.54, 1.807) is 0 Å². The molecule has 4 nitrogen and oxygen atoms in total. The zero-order valence-electron chi connectivity index (χ0n) is 14.6. The summed E-state index contributed by atoms with van der Waals surface area (Å²) in [7, 11) is 0. The molecule has 0 amide bonds. The molecule has 3 aliphatic heterocycles. The van der Waals surface area contributed by atoms with Crippen LogP contribution in [-0.2, 0) is 0 Å². The van der Waals surface area contributed by atoms with Crippen molar-refractivity contribution in [3.8, 4) is 11.1 Å². The predicted octanol–water partition coefficient (Wildman–Crippen LogP) is 4.12. The Morgan fingerprint density at radius 1 is 1.12 bits per heavy atom. The number of aromatic nitrogens is 2. The number of H-pyrrole nitrogens is 1. The van der Waals surface area contributed by atoms with Crippen LogP contribution in [0.15, 0.2) is 48.8 Å². The first-order valence-electron chi connectivity index (χ1n) is 9.33. The summed E-state index contributed by atoms with van der Waals surface area (Å²) in [6, 6.07) is 13.9. The van der Waals surface area contributed by atoms with E-state index in [0.29, 0.717) is 12.1 Å². The maximum Gasteiger partial charge on any atom is 0.126 e. The average molecular weight is 332 g/mol. The number of piperidine rings is 3. The van der Waals surface area contributed by atoms with Crippen LogP contribution in [0.4, 0.5) is 5.82 Å². The van der Waals surface area contributed by atoms with E-state index in [9.17, 15) is 0 Å². The highest BCUT2D eigenvalue weighted by Crippen LogP contribution is 2.34. The van der Waals surface area contributed by atoms with Gasteiger partial charge in [-0.1, -0.05) is 12.1 Å². The normalized spacial score (nSPS) is 28.4. The molecule has 2 N–H and O–H groups in total. The van der Waals surface area contributed by atoms with Crippen LogP contribution in [0.3, 0.4) is 0 Å². The summed E-state index contributed by atoms with van der Waals surface area (Å²) < 4.78 is 0. The lowest BCUT2D eigenvalue weighted by Crippen LogP contribution is -2.59. The van der Waals surface area contributed by atoms with E-state index >= 15 is 0 Å². The van der Waals surface area contributed by atoms with E-state index < -0.39 is 0 Å². The molecule has 4 heteroatoms. The summed E-state index contributed by atoms with van der Waals surface area (Å²) in [6.45, 7) is 4.87. The quantitative estimate of drug-likeness (QED) is 0.758. The summed E-state index contributed by atoms with van der Waals surface area (Å²) in [5.74, 6) is 1.78. The van der Waals surface area contributed by atoms with Crippen molar-refractivity contribution in [3.05, 3.63) is 48.8 Å². The Morgan fingerprint density at radius 2 is 2.00 bits per heavy atom. The number of nitrogens with one attached hydrogen (secondary N) is 2. The van der Waals surface area contributed by atoms with Gasteiger partial charge in [0.05, 0.1) is 0 Å². The highest BCUT2D eigenvalue weighted by Gasteiger charge is 2.39. The van der Waals surface area contributed by atoms with Gasteiger partial charge >= 0.3 is 0 Å². The average Bonchev–Trinajstić information content (AvgIpc) is 3.14. The number of fused-ring (bicyclic) bond motifs is 4. The fourth-order valence-electron chi connectivity index (χ4n) is 4.69. The molecule has 3 fully saturated rings. The van der Waals surface area contributed by atoms with Crippen LogP contribution in [0.2, 0.25) is 0 Å². The zero-order chi connectivity index (χ0) is 16.8. The van der Waals surface area contributed by atoms with Gasteiger partial charge in [-0.2, -0.15) is 0 Å². The molecule has 1 aromatic carbocycles. The molecule has 5 heterocycles.